The first-order valence-corrected chi connectivity index (χ1v) is 1.81. The van der Waals surface area contributed by atoms with E-state index in [4.69, 9.17) is 0 Å². The molecule has 7 heavy (non-hydrogen) atoms. The van der Waals surface area contributed by atoms with E-state index >= 15 is 0 Å². The summed E-state index contributed by atoms with van der Waals surface area (Å²) < 4.78 is 0.475. The Hall–Kier alpha value is -0.870. The molecular formula is C3H4N2O2. The highest BCUT2D eigenvalue weighted by Crippen LogP contribution is 1.69. The molecule has 1 aliphatic heterocycles. The maximum atomic E-state index is 10.1. The van der Waals surface area contributed by atoms with E-state index in [9.17, 15) is 10.4 Å². The first kappa shape index (κ1) is 4.29. The molecule has 0 spiro atoms. The van der Waals surface area contributed by atoms with E-state index in [1.54, 1.807) is 0 Å². The standard InChI is InChI=1S/C3H4N2O2/c6-4-1-2-5(7)3-4/h1-4H. The molecule has 1 atom stereocenters. The van der Waals surface area contributed by atoms with E-state index in [0.29, 0.717) is 4.74 Å². The lowest BCUT2D eigenvalue weighted by molar-refractivity contribution is -0.686. The third kappa shape index (κ3) is 0.760. The van der Waals surface area contributed by atoms with E-state index in [1.807, 2.05) is 0 Å². The van der Waals surface area contributed by atoms with E-state index < -0.39 is 0 Å². The van der Waals surface area contributed by atoms with Crippen molar-refractivity contribution in [1.82, 2.24) is 0 Å². The highest BCUT2D eigenvalue weighted by Gasteiger charge is 2.00. The summed E-state index contributed by atoms with van der Waals surface area (Å²) in [5.41, 5.74) is 0. The topological polar surface area (TPSA) is 53.6 Å². The Morgan fingerprint density at radius 2 is 2.29 bits per heavy atom. The number of nitrogens with zero attached hydrogens (tertiary/aromatic N) is 1. The van der Waals surface area contributed by atoms with Crippen LogP contribution in [0.4, 0.5) is 0 Å². The molecule has 1 N–H and O–H groups in total. The Morgan fingerprint density at radius 3 is 2.43 bits per heavy atom. The molecule has 0 bridgehead atoms. The van der Waals surface area contributed by atoms with Crippen LogP contribution in [-0.2, 0) is 0 Å². The number of hydroxylamine groups is 3. The number of hydrogen-bond donors (Lipinski definition) is 1. The largest absolute Gasteiger partial charge is 0.620 e. The quantitative estimate of drug-likeness (QED) is 0.294. The van der Waals surface area contributed by atoms with Crippen molar-refractivity contribution >= 4 is 6.34 Å². The van der Waals surface area contributed by atoms with Gasteiger partial charge in [0.05, 0.1) is 0 Å². The van der Waals surface area contributed by atoms with Crippen molar-refractivity contribution in [3.8, 4) is 0 Å². The molecule has 4 heteroatoms. The van der Waals surface area contributed by atoms with Crippen molar-refractivity contribution in [1.29, 1.82) is 0 Å². The van der Waals surface area contributed by atoms with Crippen LogP contribution >= 0.6 is 0 Å². The van der Waals surface area contributed by atoms with Gasteiger partial charge in [0.15, 0.2) is 6.20 Å². The fraction of sp³-hybridized carbons (Fsp3) is 0. The number of quaternary nitrogens is 1. The summed E-state index contributed by atoms with van der Waals surface area (Å²) in [6, 6.07) is 0. The highest BCUT2D eigenvalue weighted by atomic mass is 16.5. The zero-order valence-corrected chi connectivity index (χ0v) is 3.50. The van der Waals surface area contributed by atoms with Crippen LogP contribution in [-0.4, -0.2) is 11.1 Å². The minimum Gasteiger partial charge on any atom is -0.620 e. The average Bonchev–Trinajstić information content (AvgIpc) is 1.87. The maximum Gasteiger partial charge on any atom is 0.346 e. The first-order valence-electron chi connectivity index (χ1n) is 1.81. The van der Waals surface area contributed by atoms with Crippen molar-refractivity contribution in [2.24, 2.45) is 0 Å². The van der Waals surface area contributed by atoms with Crippen LogP contribution in [0.3, 0.4) is 0 Å². The van der Waals surface area contributed by atoms with Crippen LogP contribution in [0.15, 0.2) is 12.4 Å². The first-order chi connectivity index (χ1) is 3.29. The van der Waals surface area contributed by atoms with Crippen LogP contribution < -0.4 is 5.06 Å². The molecule has 1 aliphatic rings. The minimum atomic E-state index is -0.241. The molecule has 0 amide bonds. The normalized spacial score (nSPS) is 28.1. The van der Waals surface area contributed by atoms with E-state index in [0.717, 1.165) is 6.34 Å². The number of hydrogen-bond acceptors (Lipinski definition) is 2. The molecule has 4 nitrogen and oxygen atoms in total. The molecule has 0 aromatic heterocycles. The lowest BCUT2D eigenvalue weighted by Crippen LogP contribution is -3.00. The van der Waals surface area contributed by atoms with Crippen molar-refractivity contribution < 1.29 is 9.80 Å². The Labute approximate surface area is 40.1 Å². The summed E-state index contributed by atoms with van der Waals surface area (Å²) in [6.07, 6.45) is 3.36. The Bertz CT molecular complexity index is 129. The fourth-order valence-corrected chi connectivity index (χ4v) is 0.358. The van der Waals surface area contributed by atoms with Gasteiger partial charge in [-0.25, -0.2) is 0 Å². The Kier molecular flexibility index (Phi) is 0.812. The van der Waals surface area contributed by atoms with Crippen LogP contribution in [0.1, 0.15) is 0 Å². The zero-order chi connectivity index (χ0) is 5.28. The molecular weight excluding hydrogens is 96.0 g/mol. The van der Waals surface area contributed by atoms with Gasteiger partial charge in [-0.15, -0.1) is 4.74 Å². The fourth-order valence-electron chi connectivity index (χ4n) is 0.358. The molecule has 0 saturated heterocycles. The molecule has 38 valence electrons. The zero-order valence-electron chi connectivity index (χ0n) is 3.50. The second-order valence-electron chi connectivity index (χ2n) is 1.21. The van der Waals surface area contributed by atoms with Gasteiger partial charge in [-0.05, 0) is 0 Å². The molecule has 0 aromatic carbocycles. The van der Waals surface area contributed by atoms with Crippen molar-refractivity contribution in [2.45, 2.75) is 0 Å². The summed E-state index contributed by atoms with van der Waals surface area (Å²) in [4.78, 5) is 0. The minimum absolute atomic E-state index is 0.241. The molecule has 1 unspecified atom stereocenters. The van der Waals surface area contributed by atoms with E-state index in [-0.39, 0.29) is 5.06 Å². The van der Waals surface area contributed by atoms with Crippen LogP contribution in [0, 0.1) is 10.4 Å². The number of nitrogens with one attached hydrogen (secondary N) is 1. The third-order valence-electron chi connectivity index (χ3n) is 0.640. The van der Waals surface area contributed by atoms with Gasteiger partial charge in [-0.3, -0.25) is 5.06 Å². The van der Waals surface area contributed by atoms with Gasteiger partial charge in [-0.1, -0.05) is 0 Å². The highest BCUT2D eigenvalue weighted by molar-refractivity contribution is 5.39. The Morgan fingerprint density at radius 1 is 1.57 bits per heavy atom. The predicted octanol–water partition coefficient (Wildman–Crippen LogP) is -1.61. The van der Waals surface area contributed by atoms with Crippen LogP contribution in [0.2, 0.25) is 0 Å². The molecule has 0 saturated carbocycles. The van der Waals surface area contributed by atoms with Gasteiger partial charge in [0.2, 0.25) is 6.20 Å². The average molecular weight is 100 g/mol. The van der Waals surface area contributed by atoms with Gasteiger partial charge in [0, 0.05) is 0 Å². The SMILES string of the molecule is [O-][N+]1=C[NH+]([O-])C=C1. The van der Waals surface area contributed by atoms with Crippen molar-refractivity contribution in [3.63, 3.8) is 0 Å². The lowest BCUT2D eigenvalue weighted by atomic mass is 10.9. The summed E-state index contributed by atoms with van der Waals surface area (Å²) in [7, 11) is 0. The molecule has 1 heterocycles. The number of rotatable bonds is 0. The van der Waals surface area contributed by atoms with Crippen LogP contribution in [0.25, 0.3) is 0 Å². The monoisotopic (exact) mass is 100 g/mol. The maximum absolute atomic E-state index is 10.1. The van der Waals surface area contributed by atoms with Gasteiger partial charge >= 0.3 is 6.34 Å². The molecule has 0 radical (unpaired) electrons. The molecule has 1 rings (SSSR count). The molecule has 0 fully saturated rings. The van der Waals surface area contributed by atoms with Crippen molar-refractivity contribution in [2.75, 3.05) is 0 Å². The molecule has 0 aliphatic carbocycles. The van der Waals surface area contributed by atoms with Crippen molar-refractivity contribution in [3.05, 3.63) is 22.8 Å². The summed E-state index contributed by atoms with van der Waals surface area (Å²) in [6.45, 7) is 0. The van der Waals surface area contributed by atoms with Gasteiger partial charge < -0.3 is 10.4 Å². The predicted molar refractivity (Wildman–Crippen MR) is 23.2 cm³/mol. The summed E-state index contributed by atoms with van der Waals surface area (Å²) in [5.74, 6) is 0. The second kappa shape index (κ2) is 1.32. The molecule has 0 aromatic rings. The van der Waals surface area contributed by atoms with Gasteiger partial charge in [0.1, 0.15) is 0 Å². The van der Waals surface area contributed by atoms with Gasteiger partial charge in [0.25, 0.3) is 0 Å². The lowest BCUT2D eigenvalue weighted by Gasteiger charge is -1.98. The second-order valence-corrected chi connectivity index (χ2v) is 1.21. The van der Waals surface area contributed by atoms with Gasteiger partial charge in [-0.2, -0.15) is 0 Å². The summed E-state index contributed by atoms with van der Waals surface area (Å²) in [5, 5.41) is 19.8. The van der Waals surface area contributed by atoms with E-state index in [2.05, 4.69) is 0 Å². The van der Waals surface area contributed by atoms with E-state index in [1.165, 1.54) is 12.4 Å². The smallest absolute Gasteiger partial charge is 0.346 e. The Balaban J connectivity index is 2.69. The third-order valence-corrected chi connectivity index (χ3v) is 0.640. The van der Waals surface area contributed by atoms with Crippen LogP contribution in [0.5, 0.6) is 0 Å². The summed E-state index contributed by atoms with van der Waals surface area (Å²) >= 11 is 0.